The number of hydrogen-bond acceptors (Lipinski definition) is 4. The average Bonchev–Trinajstić information content (AvgIpc) is 3.03. The van der Waals surface area contributed by atoms with Gasteiger partial charge in [-0.1, -0.05) is 35.5 Å². The molecule has 0 N–H and O–H groups in total. The van der Waals surface area contributed by atoms with E-state index in [0.717, 1.165) is 30.7 Å². The van der Waals surface area contributed by atoms with Gasteiger partial charge in [0.1, 0.15) is 11.4 Å². The predicted octanol–water partition coefficient (Wildman–Crippen LogP) is 4.38. The molecule has 1 aromatic carbocycles. The Morgan fingerprint density at radius 1 is 1.24 bits per heavy atom. The van der Waals surface area contributed by atoms with Crippen molar-refractivity contribution in [3.05, 3.63) is 53.4 Å². The van der Waals surface area contributed by atoms with E-state index in [4.69, 9.17) is 9.26 Å². The first-order chi connectivity index (χ1) is 11.9. The predicted molar refractivity (Wildman–Crippen MR) is 95.5 cm³/mol. The highest BCUT2D eigenvalue weighted by atomic mass is 16.6. The van der Waals surface area contributed by atoms with Crippen LogP contribution >= 0.6 is 0 Å². The molecule has 5 heteroatoms. The van der Waals surface area contributed by atoms with E-state index in [1.807, 2.05) is 39.0 Å². The summed E-state index contributed by atoms with van der Waals surface area (Å²) >= 11 is 0. The van der Waals surface area contributed by atoms with Crippen LogP contribution in [0.2, 0.25) is 0 Å². The molecule has 3 rings (SSSR count). The molecule has 1 aliphatic heterocycles. The van der Waals surface area contributed by atoms with Crippen LogP contribution < -0.4 is 0 Å². The minimum Gasteiger partial charge on any atom is -0.444 e. The first kappa shape index (κ1) is 17.5. The summed E-state index contributed by atoms with van der Waals surface area (Å²) in [6.45, 7) is 7.06. The molecule has 1 aromatic heterocycles. The van der Waals surface area contributed by atoms with Crippen LogP contribution in [-0.4, -0.2) is 34.8 Å². The van der Waals surface area contributed by atoms with Crippen LogP contribution in [0, 0.1) is 0 Å². The van der Waals surface area contributed by atoms with E-state index in [1.165, 1.54) is 5.56 Å². The molecule has 0 spiro atoms. The summed E-state index contributed by atoms with van der Waals surface area (Å²) in [4.78, 5) is 13.9. The van der Waals surface area contributed by atoms with Gasteiger partial charge >= 0.3 is 6.09 Å². The van der Waals surface area contributed by atoms with Gasteiger partial charge in [0.2, 0.25) is 0 Å². The largest absolute Gasteiger partial charge is 0.444 e. The highest BCUT2D eigenvalue weighted by Gasteiger charge is 2.28. The van der Waals surface area contributed by atoms with E-state index >= 15 is 0 Å². The van der Waals surface area contributed by atoms with Crippen molar-refractivity contribution in [3.8, 4) is 0 Å². The van der Waals surface area contributed by atoms with Gasteiger partial charge in [-0.3, -0.25) is 0 Å². The highest BCUT2D eigenvalue weighted by Crippen LogP contribution is 2.29. The number of amides is 1. The quantitative estimate of drug-likeness (QED) is 0.830. The molecule has 134 valence electrons. The number of piperidine rings is 1. The lowest BCUT2D eigenvalue weighted by Crippen LogP contribution is -2.41. The summed E-state index contributed by atoms with van der Waals surface area (Å²) < 4.78 is 10.9. The molecule has 2 heterocycles. The van der Waals surface area contributed by atoms with E-state index in [-0.39, 0.29) is 6.09 Å². The van der Waals surface area contributed by atoms with E-state index in [2.05, 4.69) is 23.4 Å². The van der Waals surface area contributed by atoms with E-state index in [1.54, 1.807) is 4.90 Å². The van der Waals surface area contributed by atoms with Crippen LogP contribution in [0.25, 0.3) is 0 Å². The van der Waals surface area contributed by atoms with Crippen LogP contribution in [0.4, 0.5) is 4.79 Å². The highest BCUT2D eigenvalue weighted by molar-refractivity contribution is 5.68. The summed E-state index contributed by atoms with van der Waals surface area (Å²) in [6, 6.07) is 12.3. The number of hydrogen-bond donors (Lipinski definition) is 0. The Hall–Kier alpha value is -2.30. The van der Waals surface area contributed by atoms with Gasteiger partial charge in [-0.05, 0) is 39.2 Å². The van der Waals surface area contributed by atoms with Gasteiger partial charge in [-0.25, -0.2) is 4.79 Å². The minimum absolute atomic E-state index is 0.226. The second-order valence-corrected chi connectivity index (χ2v) is 7.62. The molecule has 1 fully saturated rings. The zero-order chi connectivity index (χ0) is 17.9. The third-order valence-electron chi connectivity index (χ3n) is 4.36. The standard InChI is InChI=1S/C20H26N2O3/c1-20(2,3)24-19(23)22-11-9-16(10-12-22)18-14-17(25-21-18)13-15-7-5-4-6-8-15/h4-8,14,16H,9-13H2,1-3H3. The SMILES string of the molecule is CC(C)(C)OC(=O)N1CCC(c2cc(Cc3ccccc3)on2)CC1. The Labute approximate surface area is 148 Å². The van der Waals surface area contributed by atoms with E-state index < -0.39 is 5.60 Å². The fourth-order valence-electron chi connectivity index (χ4n) is 3.09. The van der Waals surface area contributed by atoms with Gasteiger partial charge < -0.3 is 14.2 Å². The lowest BCUT2D eigenvalue weighted by Gasteiger charge is -2.32. The first-order valence-electron chi connectivity index (χ1n) is 8.88. The molecular weight excluding hydrogens is 316 g/mol. The van der Waals surface area contributed by atoms with Crippen LogP contribution in [0.3, 0.4) is 0 Å². The number of likely N-dealkylation sites (tertiary alicyclic amines) is 1. The number of ether oxygens (including phenoxy) is 1. The molecule has 0 unspecified atom stereocenters. The number of carbonyl (C=O) groups excluding carboxylic acids is 1. The van der Waals surface area contributed by atoms with Crippen molar-refractivity contribution < 1.29 is 14.1 Å². The van der Waals surface area contributed by atoms with Crippen molar-refractivity contribution in [2.45, 2.75) is 51.6 Å². The van der Waals surface area contributed by atoms with E-state index in [9.17, 15) is 4.79 Å². The summed E-state index contributed by atoms with van der Waals surface area (Å²) in [5.41, 5.74) is 1.76. The summed E-state index contributed by atoms with van der Waals surface area (Å²) in [6.07, 6.45) is 2.30. The Morgan fingerprint density at radius 3 is 2.56 bits per heavy atom. The van der Waals surface area contributed by atoms with Crippen molar-refractivity contribution in [1.82, 2.24) is 10.1 Å². The second-order valence-electron chi connectivity index (χ2n) is 7.62. The molecule has 1 aliphatic rings. The smallest absolute Gasteiger partial charge is 0.410 e. The maximum absolute atomic E-state index is 12.1. The number of benzene rings is 1. The third-order valence-corrected chi connectivity index (χ3v) is 4.36. The average molecular weight is 342 g/mol. The fourth-order valence-corrected chi connectivity index (χ4v) is 3.09. The number of rotatable bonds is 3. The molecule has 1 amide bonds. The van der Waals surface area contributed by atoms with Crippen LogP contribution in [0.1, 0.15) is 56.5 Å². The van der Waals surface area contributed by atoms with Gasteiger partial charge in [0, 0.05) is 31.5 Å². The fraction of sp³-hybridized carbons (Fsp3) is 0.500. The third kappa shape index (κ3) is 4.84. The maximum Gasteiger partial charge on any atom is 0.410 e. The van der Waals surface area contributed by atoms with Crippen molar-refractivity contribution in [2.24, 2.45) is 0 Å². The molecule has 0 radical (unpaired) electrons. The van der Waals surface area contributed by atoms with Gasteiger partial charge in [-0.15, -0.1) is 0 Å². The maximum atomic E-state index is 12.1. The van der Waals surface area contributed by atoms with Crippen LogP contribution in [0.5, 0.6) is 0 Å². The topological polar surface area (TPSA) is 55.6 Å². The monoisotopic (exact) mass is 342 g/mol. The number of nitrogens with zero attached hydrogens (tertiary/aromatic N) is 2. The lowest BCUT2D eigenvalue weighted by molar-refractivity contribution is 0.0203. The summed E-state index contributed by atoms with van der Waals surface area (Å²) in [7, 11) is 0. The zero-order valence-electron chi connectivity index (χ0n) is 15.2. The Balaban J connectivity index is 1.54. The molecule has 5 nitrogen and oxygen atoms in total. The van der Waals surface area contributed by atoms with Gasteiger partial charge in [-0.2, -0.15) is 0 Å². The van der Waals surface area contributed by atoms with Crippen molar-refractivity contribution >= 4 is 6.09 Å². The summed E-state index contributed by atoms with van der Waals surface area (Å²) in [5, 5.41) is 4.26. The second kappa shape index (κ2) is 7.30. The molecule has 0 aliphatic carbocycles. The van der Waals surface area contributed by atoms with Gasteiger partial charge in [0.25, 0.3) is 0 Å². The summed E-state index contributed by atoms with van der Waals surface area (Å²) in [5.74, 6) is 1.22. The van der Waals surface area contributed by atoms with Crippen LogP contribution in [-0.2, 0) is 11.2 Å². The van der Waals surface area contributed by atoms with Crippen molar-refractivity contribution in [3.63, 3.8) is 0 Å². The number of aromatic nitrogens is 1. The molecular formula is C20H26N2O3. The molecule has 2 aromatic rings. The molecule has 1 saturated heterocycles. The molecule has 0 saturated carbocycles. The zero-order valence-corrected chi connectivity index (χ0v) is 15.2. The molecule has 25 heavy (non-hydrogen) atoms. The van der Waals surface area contributed by atoms with Crippen molar-refractivity contribution in [1.29, 1.82) is 0 Å². The van der Waals surface area contributed by atoms with Gasteiger partial charge in [0.15, 0.2) is 0 Å². The normalized spacial score (nSPS) is 16.0. The van der Waals surface area contributed by atoms with Crippen molar-refractivity contribution in [2.75, 3.05) is 13.1 Å². The Kier molecular flexibility index (Phi) is 5.11. The Bertz CT molecular complexity index is 695. The number of carbonyl (C=O) groups is 1. The van der Waals surface area contributed by atoms with Gasteiger partial charge in [0.05, 0.1) is 5.69 Å². The lowest BCUT2D eigenvalue weighted by atomic mass is 9.93. The molecule has 0 atom stereocenters. The van der Waals surface area contributed by atoms with Crippen LogP contribution in [0.15, 0.2) is 40.9 Å². The first-order valence-corrected chi connectivity index (χ1v) is 8.88. The minimum atomic E-state index is -0.452. The Morgan fingerprint density at radius 2 is 1.92 bits per heavy atom. The van der Waals surface area contributed by atoms with E-state index in [0.29, 0.717) is 19.0 Å². The molecule has 0 bridgehead atoms.